The van der Waals surface area contributed by atoms with E-state index in [4.69, 9.17) is 11.6 Å². The molecule has 0 saturated heterocycles. The molecule has 2 aromatic rings. The lowest BCUT2D eigenvalue weighted by atomic mass is 10.1. The Kier molecular flexibility index (Phi) is 4.69. The molecule has 0 fully saturated rings. The molecule has 0 atom stereocenters. The number of carbonyl (C=O) groups is 1. The number of hydrogen-bond donors (Lipinski definition) is 0. The van der Waals surface area contributed by atoms with Crippen LogP contribution in [0.1, 0.15) is 16.1 Å². The summed E-state index contributed by atoms with van der Waals surface area (Å²) < 4.78 is 28.1. The highest BCUT2D eigenvalue weighted by Crippen LogP contribution is 2.21. The zero-order valence-corrected chi connectivity index (χ0v) is 12.4. The summed E-state index contributed by atoms with van der Waals surface area (Å²) in [7, 11) is 3.76. The minimum atomic E-state index is -0.920. The molecule has 1 aromatic heterocycles. The van der Waals surface area contributed by atoms with E-state index < -0.39 is 17.4 Å². The van der Waals surface area contributed by atoms with E-state index in [1.807, 2.05) is 19.0 Å². The first-order valence-corrected chi connectivity index (χ1v) is 6.63. The zero-order valence-electron chi connectivity index (χ0n) is 11.6. The number of ketones is 1. The highest BCUT2D eigenvalue weighted by molar-refractivity contribution is 6.34. The maximum atomic E-state index is 13.7. The second-order valence-corrected chi connectivity index (χ2v) is 5.23. The monoisotopic (exact) mass is 313 g/mol. The van der Waals surface area contributed by atoms with Crippen molar-refractivity contribution in [1.29, 1.82) is 0 Å². The number of benzene rings is 1. The van der Waals surface area contributed by atoms with Crippen LogP contribution in [0.25, 0.3) is 0 Å². The van der Waals surface area contributed by atoms with E-state index >= 15 is 0 Å². The Bertz CT molecular complexity index is 670. The van der Waals surface area contributed by atoms with Crippen molar-refractivity contribution in [1.82, 2.24) is 14.7 Å². The number of likely N-dealkylation sites (N-methyl/N-ethyl adjacent to an activating group) is 1. The third kappa shape index (κ3) is 3.46. The smallest absolute Gasteiger partial charge is 0.215 e. The van der Waals surface area contributed by atoms with Crippen LogP contribution in [0.5, 0.6) is 0 Å². The first kappa shape index (κ1) is 15.6. The Balaban J connectivity index is 2.36. The van der Waals surface area contributed by atoms with Crippen molar-refractivity contribution in [3.63, 3.8) is 0 Å². The van der Waals surface area contributed by atoms with E-state index in [0.717, 1.165) is 12.1 Å². The van der Waals surface area contributed by atoms with Crippen molar-refractivity contribution < 1.29 is 13.6 Å². The van der Waals surface area contributed by atoms with Gasteiger partial charge in [0.25, 0.3) is 0 Å². The largest absolute Gasteiger partial charge is 0.308 e. The molecule has 0 N–H and O–H groups in total. The zero-order chi connectivity index (χ0) is 15.6. The highest BCUT2D eigenvalue weighted by Gasteiger charge is 2.22. The highest BCUT2D eigenvalue weighted by atomic mass is 35.5. The average molecular weight is 314 g/mol. The van der Waals surface area contributed by atoms with Crippen molar-refractivity contribution >= 4 is 17.4 Å². The molecule has 112 valence electrons. The summed E-state index contributed by atoms with van der Waals surface area (Å²) in [6.07, 6.45) is 1.34. The van der Waals surface area contributed by atoms with Crippen molar-refractivity contribution in [2.45, 2.75) is 6.54 Å². The van der Waals surface area contributed by atoms with Crippen molar-refractivity contribution in [2.24, 2.45) is 0 Å². The van der Waals surface area contributed by atoms with E-state index in [-0.39, 0.29) is 16.3 Å². The summed E-state index contributed by atoms with van der Waals surface area (Å²) in [6, 6.07) is 2.80. The lowest BCUT2D eigenvalue weighted by molar-refractivity contribution is 0.102. The van der Waals surface area contributed by atoms with Gasteiger partial charge in [-0.2, -0.15) is 5.10 Å². The summed E-state index contributed by atoms with van der Waals surface area (Å²) in [4.78, 5) is 14.3. The normalized spacial score (nSPS) is 11.1. The lowest BCUT2D eigenvalue weighted by Gasteiger charge is -2.12. The van der Waals surface area contributed by atoms with E-state index in [2.05, 4.69) is 5.10 Å². The number of aromatic nitrogens is 2. The minimum absolute atomic E-state index is 0.101. The second-order valence-electron chi connectivity index (χ2n) is 4.82. The van der Waals surface area contributed by atoms with Gasteiger partial charge in [-0.25, -0.2) is 8.78 Å². The van der Waals surface area contributed by atoms with Crippen LogP contribution in [0, 0.1) is 11.6 Å². The Hall–Kier alpha value is -1.79. The summed E-state index contributed by atoms with van der Waals surface area (Å²) >= 11 is 5.97. The van der Waals surface area contributed by atoms with E-state index in [9.17, 15) is 13.6 Å². The van der Waals surface area contributed by atoms with E-state index in [0.29, 0.717) is 19.2 Å². The van der Waals surface area contributed by atoms with Gasteiger partial charge in [0.1, 0.15) is 17.3 Å². The van der Waals surface area contributed by atoms with E-state index in [1.54, 1.807) is 0 Å². The third-order valence-corrected chi connectivity index (χ3v) is 3.22. The fourth-order valence-electron chi connectivity index (χ4n) is 1.85. The molecule has 4 nitrogen and oxygen atoms in total. The SMILES string of the molecule is CN(C)CCn1ncc(Cl)c1C(=O)c1ccc(F)cc1F. The van der Waals surface area contributed by atoms with Crippen molar-refractivity contribution in [2.75, 3.05) is 20.6 Å². The molecular weight excluding hydrogens is 300 g/mol. The summed E-state index contributed by atoms with van der Waals surface area (Å²) in [6.45, 7) is 1.08. The van der Waals surface area contributed by atoms with Gasteiger partial charge in [-0.3, -0.25) is 9.48 Å². The number of nitrogens with zero attached hydrogens (tertiary/aromatic N) is 3. The summed E-state index contributed by atoms with van der Waals surface area (Å²) in [5.41, 5.74) is -0.131. The van der Waals surface area contributed by atoms with Gasteiger partial charge < -0.3 is 4.90 Å². The maximum absolute atomic E-state index is 13.7. The first-order chi connectivity index (χ1) is 9.90. The Morgan fingerprint density at radius 3 is 2.71 bits per heavy atom. The predicted octanol–water partition coefficient (Wildman–Crippen LogP) is 2.61. The summed E-state index contributed by atoms with van der Waals surface area (Å²) in [5, 5.41) is 4.16. The molecule has 7 heteroatoms. The topological polar surface area (TPSA) is 38.1 Å². The standard InChI is InChI=1S/C14H14ClF2N3O/c1-19(2)5-6-20-13(11(15)8-18-20)14(21)10-4-3-9(16)7-12(10)17/h3-4,7-8H,5-6H2,1-2H3. The molecule has 1 heterocycles. The lowest BCUT2D eigenvalue weighted by Crippen LogP contribution is -2.22. The van der Waals surface area contributed by atoms with Crippen LogP contribution >= 0.6 is 11.6 Å². The van der Waals surface area contributed by atoms with Crippen LogP contribution in [0.4, 0.5) is 8.78 Å². The molecule has 2 rings (SSSR count). The van der Waals surface area contributed by atoms with Crippen LogP contribution in [0.3, 0.4) is 0 Å². The van der Waals surface area contributed by atoms with Crippen LogP contribution in [-0.2, 0) is 6.54 Å². The second kappa shape index (κ2) is 6.32. The van der Waals surface area contributed by atoms with Gasteiger partial charge in [0.2, 0.25) is 5.78 Å². The molecule has 0 spiro atoms. The van der Waals surface area contributed by atoms with Gasteiger partial charge >= 0.3 is 0 Å². The molecule has 0 unspecified atom stereocenters. The van der Waals surface area contributed by atoms with Gasteiger partial charge in [0.05, 0.1) is 23.3 Å². The molecule has 0 amide bonds. The van der Waals surface area contributed by atoms with Crippen LogP contribution in [0.15, 0.2) is 24.4 Å². The fourth-order valence-corrected chi connectivity index (χ4v) is 2.08. The van der Waals surface area contributed by atoms with Gasteiger partial charge in [-0.05, 0) is 26.2 Å². The molecular formula is C14H14ClF2N3O. The predicted molar refractivity (Wildman–Crippen MR) is 75.6 cm³/mol. The van der Waals surface area contributed by atoms with Gasteiger partial charge in [-0.15, -0.1) is 0 Å². The number of halogens is 3. The Morgan fingerprint density at radius 2 is 2.10 bits per heavy atom. The van der Waals surface area contributed by atoms with E-state index in [1.165, 1.54) is 10.9 Å². The van der Waals surface area contributed by atoms with Gasteiger partial charge in [-0.1, -0.05) is 11.6 Å². The van der Waals surface area contributed by atoms with Crippen molar-refractivity contribution in [3.05, 3.63) is 52.3 Å². The molecule has 0 saturated carbocycles. The van der Waals surface area contributed by atoms with Crippen LogP contribution in [-0.4, -0.2) is 41.1 Å². The first-order valence-electron chi connectivity index (χ1n) is 6.26. The molecule has 21 heavy (non-hydrogen) atoms. The van der Waals surface area contributed by atoms with Crippen molar-refractivity contribution in [3.8, 4) is 0 Å². The van der Waals surface area contributed by atoms with Crippen LogP contribution < -0.4 is 0 Å². The molecule has 0 aliphatic heterocycles. The quantitative estimate of drug-likeness (QED) is 0.796. The average Bonchev–Trinajstić information content (AvgIpc) is 2.77. The fraction of sp³-hybridized carbons (Fsp3) is 0.286. The number of carbonyl (C=O) groups excluding carboxylic acids is 1. The number of hydrogen-bond acceptors (Lipinski definition) is 3. The molecule has 0 radical (unpaired) electrons. The summed E-state index contributed by atoms with van der Waals surface area (Å²) in [5.74, 6) is -2.28. The minimum Gasteiger partial charge on any atom is -0.308 e. The third-order valence-electron chi connectivity index (χ3n) is 2.94. The Labute approximate surface area is 125 Å². The van der Waals surface area contributed by atoms with Gasteiger partial charge in [0, 0.05) is 12.6 Å². The van der Waals surface area contributed by atoms with Gasteiger partial charge in [0.15, 0.2) is 0 Å². The Morgan fingerprint density at radius 1 is 1.38 bits per heavy atom. The van der Waals surface area contributed by atoms with Crippen LogP contribution in [0.2, 0.25) is 5.02 Å². The molecule has 0 aliphatic rings. The molecule has 1 aromatic carbocycles. The maximum Gasteiger partial charge on any atom is 0.215 e. The molecule has 0 bridgehead atoms. The molecule has 0 aliphatic carbocycles. The number of rotatable bonds is 5.